The topological polar surface area (TPSA) is 74.8 Å². The first-order chi connectivity index (χ1) is 9.97. The van der Waals surface area contributed by atoms with E-state index < -0.39 is 0 Å². The average Bonchev–Trinajstić information content (AvgIpc) is 2.46. The van der Waals surface area contributed by atoms with Crippen LogP contribution in [0, 0.1) is 6.92 Å². The Labute approximate surface area is 123 Å². The van der Waals surface area contributed by atoms with E-state index in [2.05, 4.69) is 47.6 Å². The van der Waals surface area contributed by atoms with E-state index in [-0.39, 0.29) is 17.2 Å². The third kappa shape index (κ3) is 3.78. The number of aromatic amines is 1. The Hall–Kier alpha value is -2.43. The summed E-state index contributed by atoms with van der Waals surface area (Å²) in [6.45, 7) is 6.73. The third-order valence-electron chi connectivity index (χ3n) is 3.39. The van der Waals surface area contributed by atoms with Gasteiger partial charge in [0.15, 0.2) is 0 Å². The van der Waals surface area contributed by atoms with Crippen LogP contribution in [0.5, 0.6) is 0 Å². The Kier molecular flexibility index (Phi) is 4.52. The highest BCUT2D eigenvalue weighted by molar-refractivity contribution is 5.91. The minimum absolute atomic E-state index is 0.201. The molecule has 0 saturated carbocycles. The van der Waals surface area contributed by atoms with E-state index in [0.29, 0.717) is 12.5 Å². The van der Waals surface area contributed by atoms with Crippen molar-refractivity contribution < 1.29 is 4.79 Å². The van der Waals surface area contributed by atoms with Gasteiger partial charge in [-0.2, -0.15) is 5.10 Å². The van der Waals surface area contributed by atoms with Crippen LogP contribution in [0.2, 0.25) is 0 Å². The molecule has 0 bridgehead atoms. The summed E-state index contributed by atoms with van der Waals surface area (Å²) >= 11 is 0. The number of nitrogens with zero attached hydrogens (tertiary/aromatic N) is 1. The van der Waals surface area contributed by atoms with Crippen LogP contribution in [0.15, 0.2) is 35.1 Å². The maximum Gasteiger partial charge on any atom is 0.271 e. The first-order valence-corrected chi connectivity index (χ1v) is 6.90. The summed E-state index contributed by atoms with van der Waals surface area (Å²) in [5.74, 6) is 0.140. The van der Waals surface area contributed by atoms with Crippen molar-refractivity contribution in [1.82, 2.24) is 15.5 Å². The van der Waals surface area contributed by atoms with E-state index in [1.165, 1.54) is 17.7 Å². The van der Waals surface area contributed by atoms with Crippen molar-refractivity contribution in [2.24, 2.45) is 0 Å². The second-order valence-electron chi connectivity index (χ2n) is 5.33. The van der Waals surface area contributed by atoms with Crippen LogP contribution in [-0.2, 0) is 6.54 Å². The lowest BCUT2D eigenvalue weighted by molar-refractivity contribution is 0.0944. The van der Waals surface area contributed by atoms with Gasteiger partial charge < -0.3 is 5.32 Å². The normalized spacial score (nSPS) is 10.7. The Morgan fingerprint density at radius 1 is 1.29 bits per heavy atom. The molecule has 1 heterocycles. The summed E-state index contributed by atoms with van der Waals surface area (Å²) in [5.41, 5.74) is 3.33. The highest BCUT2D eigenvalue weighted by atomic mass is 16.2. The molecule has 5 nitrogen and oxygen atoms in total. The number of aryl methyl sites for hydroxylation is 1. The fourth-order valence-electron chi connectivity index (χ4n) is 1.98. The van der Waals surface area contributed by atoms with Gasteiger partial charge in [0.2, 0.25) is 0 Å². The lowest BCUT2D eigenvalue weighted by atomic mass is 9.98. The predicted molar refractivity (Wildman–Crippen MR) is 81.3 cm³/mol. The number of benzene rings is 1. The Morgan fingerprint density at radius 3 is 2.67 bits per heavy atom. The number of hydrogen-bond acceptors (Lipinski definition) is 3. The van der Waals surface area contributed by atoms with E-state index in [9.17, 15) is 9.59 Å². The Bertz CT molecular complexity index is 684. The zero-order valence-corrected chi connectivity index (χ0v) is 12.4. The largest absolute Gasteiger partial charge is 0.347 e. The van der Waals surface area contributed by atoms with E-state index in [0.717, 1.165) is 11.1 Å². The predicted octanol–water partition coefficient (Wildman–Crippen LogP) is 2.13. The van der Waals surface area contributed by atoms with Crippen molar-refractivity contribution >= 4 is 5.91 Å². The number of amides is 1. The van der Waals surface area contributed by atoms with E-state index >= 15 is 0 Å². The zero-order valence-electron chi connectivity index (χ0n) is 12.4. The lowest BCUT2D eigenvalue weighted by Gasteiger charge is -2.12. The molecule has 5 heteroatoms. The molecule has 2 N–H and O–H groups in total. The van der Waals surface area contributed by atoms with Gasteiger partial charge in [-0.1, -0.05) is 32.0 Å². The molecule has 0 atom stereocenters. The zero-order chi connectivity index (χ0) is 15.4. The highest BCUT2D eigenvalue weighted by Gasteiger charge is 2.09. The van der Waals surface area contributed by atoms with Crippen molar-refractivity contribution in [1.29, 1.82) is 0 Å². The number of carbonyl (C=O) groups excluding carboxylic acids is 1. The standard InChI is InChI=1S/C16H19N3O2/c1-10(2)12-5-4-11(3)13(8-12)9-17-16(21)14-6-7-15(20)19-18-14/h4-8,10H,9H2,1-3H3,(H,17,21)(H,19,20). The van der Waals surface area contributed by atoms with Crippen LogP contribution in [0.3, 0.4) is 0 Å². The third-order valence-corrected chi connectivity index (χ3v) is 3.39. The summed E-state index contributed by atoms with van der Waals surface area (Å²) in [4.78, 5) is 22.9. The van der Waals surface area contributed by atoms with Crippen molar-refractivity contribution in [3.8, 4) is 0 Å². The SMILES string of the molecule is Cc1ccc(C(C)C)cc1CNC(=O)c1ccc(=O)[nH]n1. The van der Waals surface area contributed by atoms with Crippen LogP contribution in [0.25, 0.3) is 0 Å². The molecule has 110 valence electrons. The fraction of sp³-hybridized carbons (Fsp3) is 0.312. The van der Waals surface area contributed by atoms with Gasteiger partial charge in [-0.25, -0.2) is 5.10 Å². The van der Waals surface area contributed by atoms with Gasteiger partial charge in [0.1, 0.15) is 5.69 Å². The highest BCUT2D eigenvalue weighted by Crippen LogP contribution is 2.18. The molecule has 0 aliphatic heterocycles. The molecule has 0 aliphatic carbocycles. The van der Waals surface area contributed by atoms with Gasteiger partial charge in [-0.15, -0.1) is 0 Å². The quantitative estimate of drug-likeness (QED) is 0.903. The number of nitrogens with one attached hydrogen (secondary N) is 2. The Morgan fingerprint density at radius 2 is 2.05 bits per heavy atom. The molecule has 0 spiro atoms. The van der Waals surface area contributed by atoms with E-state index in [4.69, 9.17) is 0 Å². The molecule has 2 aromatic rings. The van der Waals surface area contributed by atoms with Crippen molar-refractivity contribution in [3.05, 3.63) is 63.1 Å². The molecular formula is C16H19N3O2. The second-order valence-corrected chi connectivity index (χ2v) is 5.33. The molecule has 0 saturated heterocycles. The number of H-pyrrole nitrogens is 1. The molecule has 0 radical (unpaired) electrons. The summed E-state index contributed by atoms with van der Waals surface area (Å²) in [5, 5.41) is 8.78. The molecule has 1 aromatic heterocycles. The molecule has 2 rings (SSSR count). The minimum Gasteiger partial charge on any atom is -0.347 e. The molecule has 0 fully saturated rings. The summed E-state index contributed by atoms with van der Waals surface area (Å²) in [6, 6.07) is 8.97. The number of aromatic nitrogens is 2. The average molecular weight is 285 g/mol. The van der Waals surface area contributed by atoms with Crippen LogP contribution >= 0.6 is 0 Å². The fourth-order valence-corrected chi connectivity index (χ4v) is 1.98. The molecular weight excluding hydrogens is 266 g/mol. The smallest absolute Gasteiger partial charge is 0.271 e. The van der Waals surface area contributed by atoms with Crippen LogP contribution in [-0.4, -0.2) is 16.1 Å². The summed E-state index contributed by atoms with van der Waals surface area (Å²) in [7, 11) is 0. The minimum atomic E-state index is -0.327. The molecule has 0 unspecified atom stereocenters. The van der Waals surface area contributed by atoms with Crippen molar-refractivity contribution in [3.63, 3.8) is 0 Å². The van der Waals surface area contributed by atoms with Crippen LogP contribution in [0.1, 0.15) is 46.9 Å². The summed E-state index contributed by atoms with van der Waals surface area (Å²) in [6.07, 6.45) is 0. The second kappa shape index (κ2) is 6.35. The van der Waals surface area contributed by atoms with Crippen molar-refractivity contribution in [2.45, 2.75) is 33.2 Å². The maximum atomic E-state index is 12.0. The van der Waals surface area contributed by atoms with Crippen molar-refractivity contribution in [2.75, 3.05) is 0 Å². The van der Waals surface area contributed by atoms with Gasteiger partial charge in [0, 0.05) is 12.6 Å². The molecule has 1 aromatic carbocycles. The van der Waals surface area contributed by atoms with Gasteiger partial charge in [0.05, 0.1) is 0 Å². The number of rotatable bonds is 4. The van der Waals surface area contributed by atoms with Gasteiger partial charge >= 0.3 is 0 Å². The van der Waals surface area contributed by atoms with E-state index in [1.807, 2.05) is 6.92 Å². The van der Waals surface area contributed by atoms with Gasteiger partial charge in [-0.05, 0) is 35.6 Å². The van der Waals surface area contributed by atoms with E-state index in [1.54, 1.807) is 0 Å². The first kappa shape index (κ1) is 15.0. The summed E-state index contributed by atoms with van der Waals surface area (Å²) < 4.78 is 0. The number of carbonyl (C=O) groups is 1. The Balaban J connectivity index is 2.09. The maximum absolute atomic E-state index is 12.0. The van der Waals surface area contributed by atoms with Crippen LogP contribution < -0.4 is 10.9 Å². The first-order valence-electron chi connectivity index (χ1n) is 6.90. The number of hydrogen-bond donors (Lipinski definition) is 2. The molecule has 1 amide bonds. The van der Waals surface area contributed by atoms with Gasteiger partial charge in [0.25, 0.3) is 11.5 Å². The van der Waals surface area contributed by atoms with Crippen LogP contribution in [0.4, 0.5) is 0 Å². The van der Waals surface area contributed by atoms with Gasteiger partial charge in [-0.3, -0.25) is 9.59 Å². The molecule has 0 aliphatic rings. The monoisotopic (exact) mass is 285 g/mol. The molecule has 21 heavy (non-hydrogen) atoms. The lowest BCUT2D eigenvalue weighted by Crippen LogP contribution is -2.25.